The second kappa shape index (κ2) is 7.12. The maximum atomic E-state index is 12.9. The molecule has 0 unspecified atom stereocenters. The standard InChI is InChI=1S/C21H25NO2S/c1-5-25-19-9-7-6-8-15(19)20(23)22-17-13-21(3,4)24-18-11-10-14(2)12-16(17)18/h6-12,17H,5,13H2,1-4H3,(H,22,23)/t17-/m0/s1. The average molecular weight is 356 g/mol. The number of hydrogen-bond acceptors (Lipinski definition) is 3. The molecule has 1 heterocycles. The maximum Gasteiger partial charge on any atom is 0.252 e. The van der Waals surface area contributed by atoms with Crippen LogP contribution in [0.2, 0.25) is 0 Å². The molecule has 2 aromatic rings. The molecule has 3 rings (SSSR count). The molecule has 3 nitrogen and oxygen atoms in total. The largest absolute Gasteiger partial charge is 0.487 e. The van der Waals surface area contributed by atoms with Crippen molar-refractivity contribution in [3.05, 3.63) is 59.2 Å². The first-order valence-corrected chi connectivity index (χ1v) is 9.70. The predicted molar refractivity (Wildman–Crippen MR) is 104 cm³/mol. The Morgan fingerprint density at radius 3 is 2.80 bits per heavy atom. The number of ether oxygens (including phenoxy) is 1. The average Bonchev–Trinajstić information content (AvgIpc) is 2.55. The molecule has 4 heteroatoms. The first-order chi connectivity index (χ1) is 11.9. The van der Waals surface area contributed by atoms with Gasteiger partial charge in [-0.05, 0) is 44.7 Å². The molecule has 0 radical (unpaired) electrons. The minimum Gasteiger partial charge on any atom is -0.487 e. The van der Waals surface area contributed by atoms with E-state index in [9.17, 15) is 4.79 Å². The molecule has 0 fully saturated rings. The number of carbonyl (C=O) groups excluding carboxylic acids is 1. The van der Waals surface area contributed by atoms with Crippen LogP contribution >= 0.6 is 11.8 Å². The molecule has 1 atom stereocenters. The Bertz CT molecular complexity index is 785. The van der Waals surface area contributed by atoms with E-state index < -0.39 is 0 Å². The topological polar surface area (TPSA) is 38.3 Å². The first-order valence-electron chi connectivity index (χ1n) is 8.72. The molecule has 1 aliphatic rings. The third-order valence-corrected chi connectivity index (χ3v) is 5.32. The van der Waals surface area contributed by atoms with Gasteiger partial charge in [-0.25, -0.2) is 0 Å². The van der Waals surface area contributed by atoms with Gasteiger partial charge in [-0.1, -0.05) is 36.8 Å². The van der Waals surface area contributed by atoms with Crippen LogP contribution in [0.25, 0.3) is 0 Å². The normalized spacial score (nSPS) is 18.2. The van der Waals surface area contributed by atoms with Gasteiger partial charge in [0.15, 0.2) is 0 Å². The van der Waals surface area contributed by atoms with Crippen molar-refractivity contribution in [2.45, 2.75) is 50.7 Å². The molecule has 132 valence electrons. The van der Waals surface area contributed by atoms with E-state index in [1.54, 1.807) is 11.8 Å². The van der Waals surface area contributed by atoms with Crippen LogP contribution in [-0.2, 0) is 0 Å². The monoisotopic (exact) mass is 355 g/mol. The number of fused-ring (bicyclic) bond motifs is 1. The lowest BCUT2D eigenvalue weighted by molar-refractivity contribution is 0.0618. The first kappa shape index (κ1) is 17.9. The van der Waals surface area contributed by atoms with Gasteiger partial charge in [0.05, 0.1) is 11.6 Å². The number of aryl methyl sites for hydroxylation is 1. The molecule has 0 aliphatic carbocycles. The number of hydrogen-bond donors (Lipinski definition) is 1. The van der Waals surface area contributed by atoms with E-state index in [-0.39, 0.29) is 17.6 Å². The number of benzene rings is 2. The van der Waals surface area contributed by atoms with Gasteiger partial charge in [-0.15, -0.1) is 11.8 Å². The van der Waals surface area contributed by atoms with Crippen LogP contribution < -0.4 is 10.1 Å². The number of rotatable bonds is 4. The Morgan fingerprint density at radius 1 is 1.28 bits per heavy atom. The van der Waals surface area contributed by atoms with Crippen molar-refractivity contribution in [3.63, 3.8) is 0 Å². The zero-order chi connectivity index (χ0) is 18.0. The summed E-state index contributed by atoms with van der Waals surface area (Å²) in [6, 6.07) is 13.9. The van der Waals surface area contributed by atoms with E-state index in [0.29, 0.717) is 0 Å². The maximum absolute atomic E-state index is 12.9. The van der Waals surface area contributed by atoms with Crippen LogP contribution in [0.5, 0.6) is 5.75 Å². The van der Waals surface area contributed by atoms with Crippen LogP contribution in [0.1, 0.15) is 54.7 Å². The Morgan fingerprint density at radius 2 is 2.04 bits per heavy atom. The highest BCUT2D eigenvalue weighted by Crippen LogP contribution is 2.40. The van der Waals surface area contributed by atoms with Crippen LogP contribution in [0.3, 0.4) is 0 Å². The molecule has 0 aromatic heterocycles. The molecular formula is C21H25NO2S. The van der Waals surface area contributed by atoms with Gasteiger partial charge in [0.25, 0.3) is 5.91 Å². The van der Waals surface area contributed by atoms with Crippen LogP contribution in [0.15, 0.2) is 47.4 Å². The van der Waals surface area contributed by atoms with Crippen molar-refractivity contribution >= 4 is 17.7 Å². The molecule has 0 bridgehead atoms. The van der Waals surface area contributed by atoms with Crippen molar-refractivity contribution in [3.8, 4) is 5.75 Å². The van der Waals surface area contributed by atoms with Crippen LogP contribution in [0.4, 0.5) is 0 Å². The van der Waals surface area contributed by atoms with Gasteiger partial charge in [0, 0.05) is 16.9 Å². The second-order valence-corrected chi connectivity index (χ2v) is 8.37. The lowest BCUT2D eigenvalue weighted by Gasteiger charge is -2.38. The molecule has 0 saturated carbocycles. The highest BCUT2D eigenvalue weighted by atomic mass is 32.2. The van der Waals surface area contributed by atoms with Crippen LogP contribution in [0, 0.1) is 6.92 Å². The van der Waals surface area contributed by atoms with E-state index in [4.69, 9.17) is 4.74 Å². The minimum absolute atomic E-state index is 0.0216. The number of carbonyl (C=O) groups is 1. The predicted octanol–water partition coefficient (Wildman–Crippen LogP) is 5.14. The van der Waals surface area contributed by atoms with Gasteiger partial charge in [-0.2, -0.15) is 0 Å². The third-order valence-electron chi connectivity index (χ3n) is 4.36. The Balaban J connectivity index is 1.90. The van der Waals surface area contributed by atoms with E-state index in [1.165, 1.54) is 5.56 Å². The smallest absolute Gasteiger partial charge is 0.252 e. The summed E-state index contributed by atoms with van der Waals surface area (Å²) in [5.74, 6) is 1.78. The van der Waals surface area contributed by atoms with Gasteiger partial charge in [0.2, 0.25) is 0 Å². The molecule has 2 aromatic carbocycles. The number of nitrogens with one attached hydrogen (secondary N) is 1. The van der Waals surface area contributed by atoms with Gasteiger partial charge >= 0.3 is 0 Å². The summed E-state index contributed by atoms with van der Waals surface area (Å²) in [6.45, 7) is 8.29. The number of amides is 1. The SMILES string of the molecule is CCSc1ccccc1C(=O)N[C@H]1CC(C)(C)Oc2ccc(C)cc21. The molecule has 0 saturated heterocycles. The fraction of sp³-hybridized carbons (Fsp3) is 0.381. The Labute approximate surface area is 154 Å². The summed E-state index contributed by atoms with van der Waals surface area (Å²) in [5.41, 5.74) is 2.67. The van der Waals surface area contributed by atoms with Crippen molar-refractivity contribution in [2.75, 3.05) is 5.75 Å². The second-order valence-electron chi connectivity index (χ2n) is 7.06. The summed E-state index contributed by atoms with van der Waals surface area (Å²) in [4.78, 5) is 14.0. The van der Waals surface area contributed by atoms with Crippen molar-refractivity contribution < 1.29 is 9.53 Å². The highest BCUT2D eigenvalue weighted by Gasteiger charge is 2.34. The lowest BCUT2D eigenvalue weighted by Crippen LogP contribution is -2.41. The van der Waals surface area contributed by atoms with Crippen LogP contribution in [-0.4, -0.2) is 17.3 Å². The van der Waals surface area contributed by atoms with Crippen molar-refractivity contribution in [2.24, 2.45) is 0 Å². The Hall–Kier alpha value is -1.94. The zero-order valence-electron chi connectivity index (χ0n) is 15.3. The molecule has 25 heavy (non-hydrogen) atoms. The van der Waals surface area contributed by atoms with E-state index in [2.05, 4.69) is 39.1 Å². The minimum atomic E-state index is -0.308. The third kappa shape index (κ3) is 4.01. The molecule has 1 amide bonds. The summed E-state index contributed by atoms with van der Waals surface area (Å²) in [7, 11) is 0. The van der Waals surface area contributed by atoms with Crippen molar-refractivity contribution in [1.82, 2.24) is 5.32 Å². The molecule has 1 aliphatic heterocycles. The van der Waals surface area contributed by atoms with E-state index in [1.807, 2.05) is 36.4 Å². The number of thioether (sulfide) groups is 1. The fourth-order valence-corrected chi connectivity index (χ4v) is 4.08. The lowest BCUT2D eigenvalue weighted by atomic mass is 9.88. The molecule has 1 N–H and O–H groups in total. The fourth-order valence-electron chi connectivity index (χ4n) is 3.27. The zero-order valence-corrected chi connectivity index (χ0v) is 16.1. The van der Waals surface area contributed by atoms with Crippen molar-refractivity contribution in [1.29, 1.82) is 0 Å². The summed E-state index contributed by atoms with van der Waals surface area (Å²) >= 11 is 1.69. The highest BCUT2D eigenvalue weighted by molar-refractivity contribution is 7.99. The van der Waals surface area contributed by atoms with Gasteiger partial charge in [0.1, 0.15) is 11.4 Å². The van der Waals surface area contributed by atoms with E-state index >= 15 is 0 Å². The van der Waals surface area contributed by atoms with Gasteiger partial charge in [-0.3, -0.25) is 4.79 Å². The molecule has 0 spiro atoms. The Kier molecular flexibility index (Phi) is 5.09. The quantitative estimate of drug-likeness (QED) is 0.772. The summed E-state index contributed by atoms with van der Waals surface area (Å²) in [6.07, 6.45) is 0.748. The molecular weight excluding hydrogens is 330 g/mol. The summed E-state index contributed by atoms with van der Waals surface area (Å²) < 4.78 is 6.10. The van der Waals surface area contributed by atoms with Gasteiger partial charge < -0.3 is 10.1 Å². The summed E-state index contributed by atoms with van der Waals surface area (Å²) in [5, 5.41) is 3.24. The van der Waals surface area contributed by atoms with E-state index in [0.717, 1.165) is 33.9 Å².